The summed E-state index contributed by atoms with van der Waals surface area (Å²) in [6.45, 7) is 7.54. The van der Waals surface area contributed by atoms with E-state index in [1.807, 2.05) is 0 Å². The highest BCUT2D eigenvalue weighted by molar-refractivity contribution is 5.13. The van der Waals surface area contributed by atoms with Crippen LogP contribution >= 0.6 is 0 Å². The summed E-state index contributed by atoms with van der Waals surface area (Å²) in [5.74, 6) is 0. The second-order valence-corrected chi connectivity index (χ2v) is 4.98. The van der Waals surface area contributed by atoms with Crippen molar-refractivity contribution < 1.29 is 4.74 Å². The molecule has 4 nitrogen and oxygen atoms in total. The molecule has 2 heterocycles. The molecule has 1 aliphatic heterocycles. The van der Waals surface area contributed by atoms with E-state index in [0.29, 0.717) is 6.54 Å². The van der Waals surface area contributed by atoms with E-state index < -0.39 is 0 Å². The maximum absolute atomic E-state index is 5.94. The van der Waals surface area contributed by atoms with Crippen molar-refractivity contribution in [3.63, 3.8) is 0 Å². The summed E-state index contributed by atoms with van der Waals surface area (Å²) in [7, 11) is 0. The molecule has 1 fully saturated rings. The number of aryl methyl sites for hydroxylation is 2. The molecule has 2 N–H and O–H groups in total. The van der Waals surface area contributed by atoms with E-state index >= 15 is 0 Å². The Morgan fingerprint density at radius 1 is 1.53 bits per heavy atom. The molecule has 0 amide bonds. The maximum Gasteiger partial charge on any atom is 0.0624 e. The van der Waals surface area contributed by atoms with E-state index in [4.69, 9.17) is 10.5 Å². The Kier molecular flexibility index (Phi) is 3.84. The molecule has 1 aromatic heterocycles. The van der Waals surface area contributed by atoms with Crippen LogP contribution in [-0.2, 0) is 24.1 Å². The first-order valence-electron chi connectivity index (χ1n) is 6.56. The molecule has 1 unspecified atom stereocenters. The van der Waals surface area contributed by atoms with Crippen LogP contribution in [0, 0.1) is 5.41 Å². The van der Waals surface area contributed by atoms with Gasteiger partial charge in [0.05, 0.1) is 12.3 Å². The Balaban J connectivity index is 2.18. The van der Waals surface area contributed by atoms with Gasteiger partial charge in [-0.2, -0.15) is 5.10 Å². The number of rotatable bonds is 5. The predicted molar refractivity (Wildman–Crippen MR) is 67.9 cm³/mol. The van der Waals surface area contributed by atoms with Gasteiger partial charge in [0.25, 0.3) is 0 Å². The monoisotopic (exact) mass is 237 g/mol. The largest absolute Gasteiger partial charge is 0.381 e. The predicted octanol–water partition coefficient (Wildman–Crippen LogP) is 1.37. The fourth-order valence-corrected chi connectivity index (χ4v) is 2.51. The van der Waals surface area contributed by atoms with Gasteiger partial charge in [0, 0.05) is 30.8 Å². The van der Waals surface area contributed by atoms with Gasteiger partial charge in [-0.05, 0) is 32.3 Å². The van der Waals surface area contributed by atoms with Crippen LogP contribution in [0.1, 0.15) is 31.7 Å². The molecule has 1 atom stereocenters. The fourth-order valence-electron chi connectivity index (χ4n) is 2.51. The number of nitrogens with zero attached hydrogens (tertiary/aromatic N) is 2. The summed E-state index contributed by atoms with van der Waals surface area (Å²) >= 11 is 0. The molecule has 0 bridgehead atoms. The van der Waals surface area contributed by atoms with E-state index in [0.717, 1.165) is 39.0 Å². The van der Waals surface area contributed by atoms with E-state index in [2.05, 4.69) is 29.7 Å². The van der Waals surface area contributed by atoms with Crippen LogP contribution in [-0.4, -0.2) is 29.5 Å². The number of ether oxygens (including phenoxy) is 1. The van der Waals surface area contributed by atoms with Crippen molar-refractivity contribution in [2.75, 3.05) is 19.8 Å². The summed E-state index contributed by atoms with van der Waals surface area (Å²) in [5.41, 5.74) is 8.55. The van der Waals surface area contributed by atoms with Gasteiger partial charge in [0.2, 0.25) is 0 Å². The lowest BCUT2D eigenvalue weighted by atomic mass is 9.82. The third-order valence-corrected chi connectivity index (χ3v) is 3.75. The van der Waals surface area contributed by atoms with Crippen molar-refractivity contribution in [2.45, 2.75) is 39.7 Å². The minimum atomic E-state index is 0.137. The van der Waals surface area contributed by atoms with E-state index in [-0.39, 0.29) is 5.41 Å². The zero-order valence-corrected chi connectivity index (χ0v) is 10.9. The number of hydrogen-bond donors (Lipinski definition) is 1. The molecule has 1 saturated heterocycles. The van der Waals surface area contributed by atoms with Gasteiger partial charge in [-0.1, -0.05) is 6.92 Å². The van der Waals surface area contributed by atoms with Crippen LogP contribution < -0.4 is 5.73 Å². The molecule has 1 aromatic rings. The van der Waals surface area contributed by atoms with Gasteiger partial charge in [0.15, 0.2) is 0 Å². The number of nitrogens with two attached hydrogens (primary N) is 1. The van der Waals surface area contributed by atoms with Gasteiger partial charge >= 0.3 is 0 Å². The topological polar surface area (TPSA) is 53.1 Å². The molecule has 0 aromatic carbocycles. The second-order valence-electron chi connectivity index (χ2n) is 4.98. The Bertz CT molecular complexity index is 367. The van der Waals surface area contributed by atoms with Gasteiger partial charge in [-0.15, -0.1) is 0 Å². The lowest BCUT2D eigenvalue weighted by Gasteiger charge is -2.25. The Morgan fingerprint density at radius 2 is 2.35 bits per heavy atom. The van der Waals surface area contributed by atoms with Crippen LogP contribution in [0.2, 0.25) is 0 Å². The molecular weight excluding hydrogens is 214 g/mol. The number of hydrogen-bond acceptors (Lipinski definition) is 3. The second kappa shape index (κ2) is 5.19. The molecule has 0 radical (unpaired) electrons. The Morgan fingerprint density at radius 3 is 2.88 bits per heavy atom. The van der Waals surface area contributed by atoms with Crippen LogP contribution in [0.25, 0.3) is 0 Å². The highest BCUT2D eigenvalue weighted by atomic mass is 16.5. The SMILES string of the molecule is CCc1cc(CC2(CN)CCOC2)n(CC)n1. The average Bonchev–Trinajstić information content (AvgIpc) is 2.97. The highest BCUT2D eigenvalue weighted by Gasteiger charge is 2.34. The lowest BCUT2D eigenvalue weighted by Crippen LogP contribution is -2.34. The van der Waals surface area contributed by atoms with E-state index in [1.165, 1.54) is 11.4 Å². The quantitative estimate of drug-likeness (QED) is 0.841. The summed E-state index contributed by atoms with van der Waals surface area (Å²) in [6.07, 6.45) is 3.05. The Labute approximate surface area is 103 Å². The summed E-state index contributed by atoms with van der Waals surface area (Å²) < 4.78 is 7.63. The highest BCUT2D eigenvalue weighted by Crippen LogP contribution is 2.31. The molecule has 1 aliphatic rings. The lowest BCUT2D eigenvalue weighted by molar-refractivity contribution is 0.153. The first kappa shape index (κ1) is 12.6. The maximum atomic E-state index is 5.94. The molecule has 0 saturated carbocycles. The van der Waals surface area contributed by atoms with Gasteiger partial charge in [-0.3, -0.25) is 4.68 Å². The normalized spacial score (nSPS) is 24.4. The van der Waals surface area contributed by atoms with Crippen molar-refractivity contribution in [1.82, 2.24) is 9.78 Å². The van der Waals surface area contributed by atoms with Gasteiger partial charge in [0.1, 0.15) is 0 Å². The zero-order chi connectivity index (χ0) is 12.3. The fraction of sp³-hybridized carbons (Fsp3) is 0.769. The number of aromatic nitrogens is 2. The minimum Gasteiger partial charge on any atom is -0.381 e. The zero-order valence-electron chi connectivity index (χ0n) is 10.9. The summed E-state index contributed by atoms with van der Waals surface area (Å²) in [5, 5.41) is 4.59. The van der Waals surface area contributed by atoms with Gasteiger partial charge < -0.3 is 10.5 Å². The molecule has 4 heteroatoms. The van der Waals surface area contributed by atoms with Crippen LogP contribution in [0.3, 0.4) is 0 Å². The third kappa shape index (κ3) is 2.53. The average molecular weight is 237 g/mol. The summed E-state index contributed by atoms with van der Waals surface area (Å²) in [4.78, 5) is 0. The molecular formula is C13H23N3O. The molecule has 96 valence electrons. The summed E-state index contributed by atoms with van der Waals surface area (Å²) in [6, 6.07) is 2.22. The smallest absolute Gasteiger partial charge is 0.0624 e. The van der Waals surface area contributed by atoms with Gasteiger partial charge in [-0.25, -0.2) is 0 Å². The van der Waals surface area contributed by atoms with Crippen molar-refractivity contribution in [1.29, 1.82) is 0 Å². The molecule has 0 spiro atoms. The molecule has 17 heavy (non-hydrogen) atoms. The first-order valence-corrected chi connectivity index (χ1v) is 6.56. The van der Waals surface area contributed by atoms with E-state index in [9.17, 15) is 0 Å². The Hall–Kier alpha value is -0.870. The first-order chi connectivity index (χ1) is 8.23. The van der Waals surface area contributed by atoms with Crippen LogP contribution in [0.15, 0.2) is 6.07 Å². The van der Waals surface area contributed by atoms with Crippen LogP contribution in [0.4, 0.5) is 0 Å². The van der Waals surface area contributed by atoms with Crippen molar-refractivity contribution in [2.24, 2.45) is 11.1 Å². The van der Waals surface area contributed by atoms with Crippen molar-refractivity contribution in [3.05, 3.63) is 17.5 Å². The van der Waals surface area contributed by atoms with Crippen LogP contribution in [0.5, 0.6) is 0 Å². The van der Waals surface area contributed by atoms with Crippen molar-refractivity contribution in [3.8, 4) is 0 Å². The standard InChI is InChI=1S/C13H23N3O/c1-3-11-7-12(16(4-2)15-11)8-13(9-14)5-6-17-10-13/h7H,3-6,8-10,14H2,1-2H3. The molecule has 2 rings (SSSR count). The van der Waals surface area contributed by atoms with E-state index in [1.54, 1.807) is 0 Å². The molecule has 0 aliphatic carbocycles. The third-order valence-electron chi connectivity index (χ3n) is 3.75. The minimum absolute atomic E-state index is 0.137. The van der Waals surface area contributed by atoms with Crippen molar-refractivity contribution >= 4 is 0 Å².